The number of benzene rings is 2. The molecule has 0 unspecified atom stereocenters. The van der Waals surface area contributed by atoms with Crippen molar-refractivity contribution in [2.24, 2.45) is 7.05 Å². The number of carbonyl (C=O) groups is 1. The first kappa shape index (κ1) is 24.2. The first-order valence-corrected chi connectivity index (χ1v) is 10.6. The predicted molar refractivity (Wildman–Crippen MR) is 120 cm³/mol. The zero-order chi connectivity index (χ0) is 25.5. The Balaban J connectivity index is 1.93. The average molecular weight is 508 g/mol. The van der Waals surface area contributed by atoms with Gasteiger partial charge < -0.3 is 4.74 Å². The molecule has 2 heterocycles. The van der Waals surface area contributed by atoms with E-state index in [0.717, 1.165) is 22.9 Å². The van der Waals surface area contributed by atoms with E-state index >= 15 is 0 Å². The van der Waals surface area contributed by atoms with Crippen LogP contribution in [-0.2, 0) is 24.5 Å². The zero-order valence-electron chi connectivity index (χ0n) is 18.3. The summed E-state index contributed by atoms with van der Waals surface area (Å²) in [6.07, 6.45) is -3.71. The summed E-state index contributed by atoms with van der Waals surface area (Å²) in [5, 5.41) is 7.23. The second-order valence-electron chi connectivity index (χ2n) is 7.47. The van der Waals surface area contributed by atoms with Gasteiger partial charge in [-0.3, -0.25) is 13.9 Å². The molecule has 0 saturated heterocycles. The largest absolute Gasteiger partial charge is 0.462 e. The van der Waals surface area contributed by atoms with Crippen LogP contribution in [0.25, 0.3) is 16.7 Å². The van der Waals surface area contributed by atoms with E-state index in [-0.39, 0.29) is 17.9 Å². The summed E-state index contributed by atoms with van der Waals surface area (Å²) in [5.41, 5.74) is -2.30. The van der Waals surface area contributed by atoms with Gasteiger partial charge in [0.2, 0.25) is 0 Å². The number of fused-ring (bicyclic) bond motifs is 1. The molecule has 0 bridgehead atoms. The maximum absolute atomic E-state index is 13.3. The monoisotopic (exact) mass is 507 g/mol. The van der Waals surface area contributed by atoms with Crippen molar-refractivity contribution in [2.75, 3.05) is 6.61 Å². The molecule has 0 aliphatic heterocycles. The smallest absolute Gasteiger partial charge is 0.417 e. The van der Waals surface area contributed by atoms with Gasteiger partial charge in [0.25, 0.3) is 5.56 Å². The van der Waals surface area contributed by atoms with Crippen LogP contribution in [-0.4, -0.2) is 36.7 Å². The molecule has 0 atom stereocenters. The third kappa shape index (κ3) is 4.44. The molecule has 0 radical (unpaired) electrons. The van der Waals surface area contributed by atoms with E-state index in [9.17, 15) is 27.6 Å². The lowest BCUT2D eigenvalue weighted by atomic mass is 10.1. The number of aromatic nitrogens is 5. The highest BCUT2D eigenvalue weighted by molar-refractivity contribution is 6.32. The number of carbonyl (C=O) groups excluding carboxylic acids is 1. The maximum atomic E-state index is 13.3. The van der Waals surface area contributed by atoms with E-state index in [1.165, 1.54) is 23.7 Å². The van der Waals surface area contributed by atoms with Crippen molar-refractivity contribution in [3.63, 3.8) is 0 Å². The van der Waals surface area contributed by atoms with Crippen molar-refractivity contribution in [3.8, 4) is 5.69 Å². The summed E-state index contributed by atoms with van der Waals surface area (Å²) in [5.74, 6) is -0.990. The van der Waals surface area contributed by atoms with Crippen LogP contribution >= 0.6 is 11.6 Å². The fraction of sp³-hybridized carbons (Fsp3) is 0.227. The lowest BCUT2D eigenvalue weighted by molar-refractivity contribution is -0.137. The van der Waals surface area contributed by atoms with Crippen molar-refractivity contribution >= 4 is 28.6 Å². The first-order valence-electron chi connectivity index (χ1n) is 10.2. The number of rotatable bonds is 5. The van der Waals surface area contributed by atoms with Gasteiger partial charge in [-0.1, -0.05) is 28.9 Å². The Morgan fingerprint density at radius 2 is 1.91 bits per heavy atom. The summed E-state index contributed by atoms with van der Waals surface area (Å²) in [4.78, 5) is 38.9. The second kappa shape index (κ2) is 9.02. The number of hydrogen-bond acceptors (Lipinski definition) is 6. The molecule has 4 aromatic rings. The number of alkyl halides is 3. The summed E-state index contributed by atoms with van der Waals surface area (Å²) in [6.45, 7) is 0.889. The SMILES string of the molecule is CCOC(=O)c1cn(-c2ccc3c(c2)nnn3C)c(=O)n(Cc2cccc(C(F)(F)F)c2Cl)c1=O. The van der Waals surface area contributed by atoms with E-state index < -0.39 is 46.1 Å². The quantitative estimate of drug-likeness (QED) is 0.385. The van der Waals surface area contributed by atoms with E-state index in [0.29, 0.717) is 15.6 Å². The van der Waals surface area contributed by atoms with Crippen molar-refractivity contribution in [1.82, 2.24) is 24.1 Å². The van der Waals surface area contributed by atoms with Gasteiger partial charge in [0, 0.05) is 13.2 Å². The molecule has 182 valence electrons. The Bertz CT molecular complexity index is 1570. The Kier molecular flexibility index (Phi) is 6.24. The highest BCUT2D eigenvalue weighted by atomic mass is 35.5. The minimum Gasteiger partial charge on any atom is -0.462 e. The number of hydrogen-bond donors (Lipinski definition) is 0. The molecule has 0 spiro atoms. The average Bonchev–Trinajstić information content (AvgIpc) is 3.17. The van der Waals surface area contributed by atoms with Gasteiger partial charge in [-0.25, -0.2) is 14.3 Å². The number of aryl methyl sites for hydroxylation is 1. The molecule has 0 fully saturated rings. The Morgan fingerprint density at radius 3 is 2.60 bits per heavy atom. The van der Waals surface area contributed by atoms with Crippen LogP contribution in [0.3, 0.4) is 0 Å². The molecular weight excluding hydrogens is 491 g/mol. The van der Waals surface area contributed by atoms with Crippen molar-refractivity contribution in [1.29, 1.82) is 0 Å². The van der Waals surface area contributed by atoms with Gasteiger partial charge in [-0.05, 0) is 36.8 Å². The topological polar surface area (TPSA) is 101 Å². The van der Waals surface area contributed by atoms with Crippen LogP contribution < -0.4 is 11.2 Å². The normalized spacial score (nSPS) is 11.7. The van der Waals surface area contributed by atoms with Crippen LogP contribution in [0.15, 0.2) is 52.2 Å². The van der Waals surface area contributed by atoms with E-state index in [1.54, 1.807) is 19.2 Å². The van der Waals surface area contributed by atoms with Crippen LogP contribution in [0, 0.1) is 0 Å². The molecule has 0 aliphatic carbocycles. The molecule has 13 heteroatoms. The van der Waals surface area contributed by atoms with Crippen molar-refractivity contribution < 1.29 is 22.7 Å². The number of halogens is 4. The maximum Gasteiger partial charge on any atom is 0.417 e. The summed E-state index contributed by atoms with van der Waals surface area (Å²) >= 11 is 5.97. The van der Waals surface area contributed by atoms with Gasteiger partial charge in [0.15, 0.2) is 0 Å². The molecule has 0 saturated carbocycles. The molecule has 0 N–H and O–H groups in total. The van der Waals surface area contributed by atoms with Gasteiger partial charge >= 0.3 is 17.8 Å². The molecule has 4 rings (SSSR count). The summed E-state index contributed by atoms with van der Waals surface area (Å²) < 4.78 is 48.0. The van der Waals surface area contributed by atoms with Crippen molar-refractivity contribution in [3.05, 3.63) is 85.1 Å². The predicted octanol–water partition coefficient (Wildman–Crippen LogP) is 3.18. The first-order chi connectivity index (χ1) is 16.5. The van der Waals surface area contributed by atoms with E-state index in [1.807, 2.05) is 0 Å². The lowest BCUT2D eigenvalue weighted by Gasteiger charge is -2.15. The fourth-order valence-corrected chi connectivity index (χ4v) is 3.84. The lowest BCUT2D eigenvalue weighted by Crippen LogP contribution is -2.42. The zero-order valence-corrected chi connectivity index (χ0v) is 19.1. The van der Waals surface area contributed by atoms with Gasteiger partial charge in [0.1, 0.15) is 11.1 Å². The molecular formula is C22H17ClF3N5O4. The van der Waals surface area contributed by atoms with Crippen LogP contribution in [0.5, 0.6) is 0 Å². The summed E-state index contributed by atoms with van der Waals surface area (Å²) in [7, 11) is 1.68. The molecule has 2 aromatic heterocycles. The van der Waals surface area contributed by atoms with Crippen LogP contribution in [0.1, 0.15) is 28.4 Å². The van der Waals surface area contributed by atoms with Gasteiger partial charge in [-0.2, -0.15) is 13.2 Å². The van der Waals surface area contributed by atoms with Gasteiger partial charge in [0.05, 0.1) is 34.9 Å². The molecule has 35 heavy (non-hydrogen) atoms. The van der Waals surface area contributed by atoms with E-state index in [4.69, 9.17) is 16.3 Å². The third-order valence-electron chi connectivity index (χ3n) is 5.25. The molecule has 0 aliphatic rings. The molecule has 0 amide bonds. The summed E-state index contributed by atoms with van der Waals surface area (Å²) in [6, 6.07) is 7.87. The third-order valence-corrected chi connectivity index (χ3v) is 5.70. The Morgan fingerprint density at radius 1 is 1.17 bits per heavy atom. The standard InChI is InChI=1S/C22H17ClF3N5O4/c1-3-35-20(33)14-11-30(13-7-8-17-16(9-13)27-28-29(17)2)21(34)31(19(14)32)10-12-5-4-6-15(18(12)23)22(24,25)26/h4-9,11H,3,10H2,1-2H3. The highest BCUT2D eigenvalue weighted by Gasteiger charge is 2.34. The van der Waals surface area contributed by atoms with Crippen molar-refractivity contribution in [2.45, 2.75) is 19.6 Å². The number of esters is 1. The highest BCUT2D eigenvalue weighted by Crippen LogP contribution is 2.36. The Labute approximate surface area is 199 Å². The number of nitrogens with zero attached hydrogens (tertiary/aromatic N) is 5. The molecule has 9 nitrogen and oxygen atoms in total. The Hall–Kier alpha value is -3.93. The van der Waals surface area contributed by atoms with E-state index in [2.05, 4.69) is 10.3 Å². The fourth-order valence-electron chi connectivity index (χ4n) is 3.55. The molecule has 2 aromatic carbocycles. The van der Waals surface area contributed by atoms with Crippen LogP contribution in [0.2, 0.25) is 5.02 Å². The minimum absolute atomic E-state index is 0.0393. The second-order valence-corrected chi connectivity index (χ2v) is 7.85. The number of ether oxygens (including phenoxy) is 1. The van der Waals surface area contributed by atoms with Gasteiger partial charge in [-0.15, -0.1) is 5.10 Å². The van der Waals surface area contributed by atoms with Crippen LogP contribution in [0.4, 0.5) is 13.2 Å². The minimum atomic E-state index is -4.74.